The lowest BCUT2D eigenvalue weighted by Crippen LogP contribution is -2.28. The zero-order chi connectivity index (χ0) is 18.6. The van der Waals surface area contributed by atoms with Gasteiger partial charge in [0, 0.05) is 18.6 Å². The van der Waals surface area contributed by atoms with E-state index >= 15 is 0 Å². The van der Waals surface area contributed by atoms with Gasteiger partial charge >= 0.3 is 6.18 Å². The number of para-hydroxylation sites is 1. The Morgan fingerprint density at radius 1 is 1.04 bits per heavy atom. The monoisotopic (exact) mass is 363 g/mol. The Kier molecular flexibility index (Phi) is 5.22. The van der Waals surface area contributed by atoms with Gasteiger partial charge in [-0.1, -0.05) is 18.2 Å². The van der Waals surface area contributed by atoms with Crippen LogP contribution in [0.3, 0.4) is 0 Å². The van der Waals surface area contributed by atoms with Crippen LogP contribution in [0.5, 0.6) is 5.75 Å². The van der Waals surface area contributed by atoms with Gasteiger partial charge < -0.3 is 14.4 Å². The summed E-state index contributed by atoms with van der Waals surface area (Å²) in [5.74, 6) is 0.447. The van der Waals surface area contributed by atoms with Crippen molar-refractivity contribution in [3.63, 3.8) is 0 Å². The second-order valence-corrected chi connectivity index (χ2v) is 5.43. The van der Waals surface area contributed by atoms with Crippen molar-refractivity contribution in [1.82, 2.24) is 14.5 Å². The molecule has 0 unspecified atom stereocenters. The summed E-state index contributed by atoms with van der Waals surface area (Å²) in [4.78, 5) is 7.98. The molecule has 0 bridgehead atoms. The summed E-state index contributed by atoms with van der Waals surface area (Å²) in [6.07, 6.45) is -0.668. The fourth-order valence-corrected chi connectivity index (χ4v) is 2.67. The van der Waals surface area contributed by atoms with Gasteiger partial charge in [0.1, 0.15) is 18.2 Å². The number of aliphatic hydroxyl groups is 1. The smallest absolute Gasteiger partial charge is 0.414 e. The fraction of sp³-hybridized carbons (Fsp3) is 0.222. The van der Waals surface area contributed by atoms with Crippen LogP contribution in [0.4, 0.5) is 13.2 Å². The van der Waals surface area contributed by atoms with Crippen LogP contribution in [0.1, 0.15) is 11.7 Å². The highest BCUT2D eigenvalue weighted by Gasteiger charge is 2.44. The van der Waals surface area contributed by atoms with Crippen LogP contribution in [-0.2, 0) is 0 Å². The van der Waals surface area contributed by atoms with Gasteiger partial charge in [0.05, 0.1) is 17.9 Å². The van der Waals surface area contributed by atoms with E-state index in [1.807, 2.05) is 0 Å². The molecule has 1 aromatic carbocycles. The number of hydrogen-bond acceptors (Lipinski definition) is 4. The molecular weight excluding hydrogens is 347 g/mol. The molecule has 0 fully saturated rings. The second kappa shape index (κ2) is 7.57. The molecule has 0 aliphatic heterocycles. The van der Waals surface area contributed by atoms with E-state index in [2.05, 4.69) is 9.97 Å². The van der Waals surface area contributed by atoms with Gasteiger partial charge in [0.25, 0.3) is 0 Å². The first kappa shape index (κ1) is 17.9. The van der Waals surface area contributed by atoms with Crippen LogP contribution in [0, 0.1) is 0 Å². The first-order valence-electron chi connectivity index (χ1n) is 7.86. The Labute approximate surface area is 147 Å². The lowest BCUT2D eigenvalue weighted by Gasteiger charge is -2.23. The Hall–Kier alpha value is -2.87. The van der Waals surface area contributed by atoms with Gasteiger partial charge in [-0.3, -0.25) is 4.98 Å². The second-order valence-electron chi connectivity index (χ2n) is 5.43. The molecule has 1 atom stereocenters. The highest BCUT2D eigenvalue weighted by atomic mass is 19.4. The number of benzene rings is 1. The molecule has 2 heterocycles. The average Bonchev–Trinajstić information content (AvgIpc) is 3.09. The molecule has 5 nitrogen and oxygen atoms in total. The molecular formula is C18H16F3N3O2. The van der Waals surface area contributed by atoms with Crippen molar-refractivity contribution < 1.29 is 23.0 Å². The maximum atomic E-state index is 13.8. The molecule has 0 spiro atoms. The summed E-state index contributed by atoms with van der Waals surface area (Å²) in [5, 5.41) is 8.94. The zero-order valence-corrected chi connectivity index (χ0v) is 13.6. The van der Waals surface area contributed by atoms with E-state index in [9.17, 15) is 13.2 Å². The predicted octanol–water partition coefficient (Wildman–Crippen LogP) is 3.47. The summed E-state index contributed by atoms with van der Waals surface area (Å²) in [7, 11) is 0. The third-order valence-electron chi connectivity index (χ3n) is 3.70. The zero-order valence-electron chi connectivity index (χ0n) is 13.6. The Morgan fingerprint density at radius 2 is 1.81 bits per heavy atom. The third kappa shape index (κ3) is 3.70. The first-order valence-corrected chi connectivity index (χ1v) is 7.86. The molecule has 26 heavy (non-hydrogen) atoms. The maximum Gasteiger partial charge on any atom is 0.414 e. The molecule has 0 amide bonds. The highest BCUT2D eigenvalue weighted by molar-refractivity contribution is 5.64. The highest BCUT2D eigenvalue weighted by Crippen LogP contribution is 2.39. The van der Waals surface area contributed by atoms with Crippen LogP contribution in [0.2, 0.25) is 0 Å². The molecule has 136 valence electrons. The minimum absolute atomic E-state index is 0.0284. The van der Waals surface area contributed by atoms with Crippen LogP contribution in [-0.4, -0.2) is 39.0 Å². The number of halogens is 3. The number of ether oxygens (including phenoxy) is 1. The van der Waals surface area contributed by atoms with E-state index in [1.165, 1.54) is 30.7 Å². The van der Waals surface area contributed by atoms with Crippen molar-refractivity contribution in [3.05, 3.63) is 66.7 Å². The Balaban J connectivity index is 2.10. The van der Waals surface area contributed by atoms with E-state index in [0.717, 1.165) is 4.57 Å². The van der Waals surface area contributed by atoms with E-state index in [0.29, 0.717) is 11.3 Å². The van der Waals surface area contributed by atoms with E-state index in [-0.39, 0.29) is 24.7 Å². The van der Waals surface area contributed by atoms with Crippen LogP contribution in [0.25, 0.3) is 11.4 Å². The molecule has 3 aromatic rings. The van der Waals surface area contributed by atoms with Crippen molar-refractivity contribution in [2.45, 2.75) is 12.2 Å². The predicted molar refractivity (Wildman–Crippen MR) is 88.7 cm³/mol. The maximum absolute atomic E-state index is 13.8. The molecule has 8 heteroatoms. The summed E-state index contributed by atoms with van der Waals surface area (Å²) < 4.78 is 47.9. The van der Waals surface area contributed by atoms with Crippen molar-refractivity contribution in [2.75, 3.05) is 13.2 Å². The summed E-state index contributed by atoms with van der Waals surface area (Å²) in [6, 6.07) is 9.04. The molecule has 0 saturated carbocycles. The van der Waals surface area contributed by atoms with Crippen LogP contribution < -0.4 is 4.74 Å². The van der Waals surface area contributed by atoms with Gasteiger partial charge in [-0.25, -0.2) is 4.98 Å². The number of hydrogen-bond donors (Lipinski definition) is 1. The minimum Gasteiger partial charge on any atom is -0.490 e. The van der Waals surface area contributed by atoms with E-state index in [4.69, 9.17) is 9.84 Å². The number of aliphatic hydroxyl groups excluding tert-OH is 1. The topological polar surface area (TPSA) is 60.2 Å². The van der Waals surface area contributed by atoms with Gasteiger partial charge in [0.2, 0.25) is 0 Å². The van der Waals surface area contributed by atoms with Crippen LogP contribution in [0.15, 0.2) is 61.1 Å². The van der Waals surface area contributed by atoms with Crippen LogP contribution >= 0.6 is 0 Å². The quantitative estimate of drug-likeness (QED) is 0.729. The third-order valence-corrected chi connectivity index (χ3v) is 3.70. The van der Waals surface area contributed by atoms with Gasteiger partial charge in [0.15, 0.2) is 6.04 Å². The first-order chi connectivity index (χ1) is 12.5. The van der Waals surface area contributed by atoms with E-state index in [1.54, 1.807) is 30.3 Å². The minimum atomic E-state index is -4.56. The van der Waals surface area contributed by atoms with Gasteiger partial charge in [-0.2, -0.15) is 13.2 Å². The Bertz CT molecular complexity index is 850. The summed E-state index contributed by atoms with van der Waals surface area (Å²) in [6.45, 7) is -0.178. The molecule has 2 aromatic heterocycles. The number of nitrogens with zero attached hydrogens (tertiary/aromatic N) is 3. The largest absolute Gasteiger partial charge is 0.490 e. The molecule has 0 radical (unpaired) electrons. The van der Waals surface area contributed by atoms with Crippen molar-refractivity contribution in [2.24, 2.45) is 0 Å². The number of alkyl halides is 3. The number of imidazole rings is 1. The standard InChI is InChI=1S/C18H16F3N3O2/c19-18(20,21)16(14-6-3-4-8-22-14)24-10-9-23-17(24)13-5-1-2-7-15(13)26-12-11-25/h1-10,16,25H,11-12H2/t16-/m0/s1. The lowest BCUT2D eigenvalue weighted by molar-refractivity contribution is -0.157. The number of aromatic nitrogens is 3. The average molecular weight is 363 g/mol. The van der Waals surface area contributed by atoms with E-state index < -0.39 is 12.2 Å². The number of pyridine rings is 1. The SMILES string of the molecule is OCCOc1ccccc1-c1nccn1[C@@H](c1ccccn1)C(F)(F)F. The number of rotatable bonds is 6. The summed E-state index contributed by atoms with van der Waals surface area (Å²) >= 11 is 0. The van der Waals surface area contributed by atoms with Gasteiger partial charge in [-0.15, -0.1) is 0 Å². The molecule has 3 rings (SSSR count). The van der Waals surface area contributed by atoms with Crippen molar-refractivity contribution in [3.8, 4) is 17.1 Å². The molecule has 1 N–H and O–H groups in total. The molecule has 0 aliphatic carbocycles. The lowest BCUT2D eigenvalue weighted by atomic mass is 10.1. The fourth-order valence-electron chi connectivity index (χ4n) is 2.67. The molecule has 0 saturated heterocycles. The van der Waals surface area contributed by atoms with Crippen molar-refractivity contribution in [1.29, 1.82) is 0 Å². The van der Waals surface area contributed by atoms with Crippen molar-refractivity contribution >= 4 is 0 Å². The normalized spacial score (nSPS) is 12.8. The Morgan fingerprint density at radius 3 is 2.50 bits per heavy atom. The molecule has 0 aliphatic rings. The van der Waals surface area contributed by atoms with Gasteiger partial charge in [-0.05, 0) is 24.3 Å². The summed E-state index contributed by atoms with van der Waals surface area (Å²) in [5.41, 5.74) is 0.268.